The van der Waals surface area contributed by atoms with Gasteiger partial charge in [-0.25, -0.2) is 4.79 Å². The molecule has 0 bridgehead atoms. The van der Waals surface area contributed by atoms with E-state index in [1.165, 1.54) is 7.05 Å². The van der Waals surface area contributed by atoms with Gasteiger partial charge in [-0.3, -0.25) is 9.78 Å². The lowest BCUT2D eigenvalue weighted by Gasteiger charge is -2.12. The predicted octanol–water partition coefficient (Wildman–Crippen LogP) is 0.867. The van der Waals surface area contributed by atoms with Gasteiger partial charge in [0.15, 0.2) is 0 Å². The van der Waals surface area contributed by atoms with E-state index >= 15 is 0 Å². The normalized spacial score (nSPS) is 12.1. The highest BCUT2D eigenvalue weighted by Crippen LogP contribution is 2.02. The first-order valence-corrected chi connectivity index (χ1v) is 5.41. The molecule has 0 saturated heterocycles. The SMILES string of the molecule is CNC(=O)C(CC=Cc1ccncc1)NC(=O)O. The highest BCUT2D eigenvalue weighted by atomic mass is 16.4. The Bertz CT molecular complexity index is 431. The van der Waals surface area contributed by atoms with Crippen LogP contribution in [0.1, 0.15) is 12.0 Å². The van der Waals surface area contributed by atoms with Crippen LogP contribution in [0.4, 0.5) is 4.79 Å². The first-order chi connectivity index (χ1) is 8.63. The quantitative estimate of drug-likeness (QED) is 0.722. The molecule has 0 aromatic carbocycles. The maximum absolute atomic E-state index is 11.4. The Labute approximate surface area is 105 Å². The highest BCUT2D eigenvalue weighted by Gasteiger charge is 2.17. The van der Waals surface area contributed by atoms with Crippen LogP contribution in [-0.4, -0.2) is 35.2 Å². The van der Waals surface area contributed by atoms with Crippen LogP contribution in [0.15, 0.2) is 30.6 Å². The molecule has 1 atom stereocenters. The van der Waals surface area contributed by atoms with Crippen LogP contribution in [0.3, 0.4) is 0 Å². The largest absolute Gasteiger partial charge is 0.465 e. The molecule has 0 aliphatic rings. The number of nitrogens with one attached hydrogen (secondary N) is 2. The predicted molar refractivity (Wildman–Crippen MR) is 66.9 cm³/mol. The number of likely N-dealkylation sites (N-methyl/N-ethyl adjacent to an activating group) is 1. The van der Waals surface area contributed by atoms with Crippen molar-refractivity contribution in [2.75, 3.05) is 7.05 Å². The molecule has 0 aliphatic carbocycles. The van der Waals surface area contributed by atoms with Gasteiger partial charge in [0.2, 0.25) is 5.91 Å². The summed E-state index contributed by atoms with van der Waals surface area (Å²) in [6.07, 6.45) is 5.93. The van der Waals surface area contributed by atoms with E-state index in [9.17, 15) is 9.59 Å². The fraction of sp³-hybridized carbons (Fsp3) is 0.250. The third-order valence-electron chi connectivity index (χ3n) is 2.25. The average molecular weight is 249 g/mol. The van der Waals surface area contributed by atoms with Crippen molar-refractivity contribution in [3.8, 4) is 0 Å². The first kappa shape index (κ1) is 13.7. The van der Waals surface area contributed by atoms with E-state index in [0.29, 0.717) is 0 Å². The van der Waals surface area contributed by atoms with Crippen molar-refractivity contribution in [1.82, 2.24) is 15.6 Å². The minimum absolute atomic E-state index is 0.286. The molecule has 0 fully saturated rings. The fourth-order valence-corrected chi connectivity index (χ4v) is 1.37. The van der Waals surface area contributed by atoms with E-state index in [0.717, 1.165) is 5.56 Å². The summed E-state index contributed by atoms with van der Waals surface area (Å²) in [5.74, 6) is -0.364. The zero-order valence-electron chi connectivity index (χ0n) is 9.96. The lowest BCUT2D eigenvalue weighted by Crippen LogP contribution is -2.44. The molecule has 1 aromatic rings. The monoisotopic (exact) mass is 249 g/mol. The molecule has 3 N–H and O–H groups in total. The van der Waals surface area contributed by atoms with Crippen LogP contribution in [-0.2, 0) is 4.79 Å². The Kier molecular flexibility index (Phi) is 5.37. The summed E-state index contributed by atoms with van der Waals surface area (Å²) in [5.41, 5.74) is 0.941. The van der Waals surface area contributed by atoms with Gasteiger partial charge in [-0.1, -0.05) is 12.2 Å². The molecule has 1 heterocycles. The first-order valence-electron chi connectivity index (χ1n) is 5.41. The van der Waals surface area contributed by atoms with Crippen molar-refractivity contribution in [2.45, 2.75) is 12.5 Å². The molecule has 0 aliphatic heterocycles. The molecular weight excluding hydrogens is 234 g/mol. The van der Waals surface area contributed by atoms with Crippen LogP contribution >= 0.6 is 0 Å². The van der Waals surface area contributed by atoms with Crippen LogP contribution in [0.2, 0.25) is 0 Å². The van der Waals surface area contributed by atoms with E-state index in [2.05, 4.69) is 15.6 Å². The molecular formula is C12H15N3O3. The van der Waals surface area contributed by atoms with E-state index in [-0.39, 0.29) is 12.3 Å². The number of rotatable bonds is 5. The lowest BCUT2D eigenvalue weighted by molar-refractivity contribution is -0.122. The van der Waals surface area contributed by atoms with Crippen molar-refractivity contribution in [3.05, 3.63) is 36.2 Å². The molecule has 96 valence electrons. The third kappa shape index (κ3) is 4.65. The number of carbonyl (C=O) groups is 2. The Morgan fingerprint density at radius 1 is 1.44 bits per heavy atom. The van der Waals surface area contributed by atoms with Crippen LogP contribution in [0.25, 0.3) is 6.08 Å². The van der Waals surface area contributed by atoms with Crippen molar-refractivity contribution in [1.29, 1.82) is 0 Å². The molecule has 18 heavy (non-hydrogen) atoms. The van der Waals surface area contributed by atoms with Gasteiger partial charge >= 0.3 is 6.09 Å². The average Bonchev–Trinajstić information content (AvgIpc) is 2.37. The number of carbonyl (C=O) groups excluding carboxylic acids is 1. The number of pyridine rings is 1. The van der Waals surface area contributed by atoms with Gasteiger partial charge in [-0.05, 0) is 24.1 Å². The molecule has 1 unspecified atom stereocenters. The topological polar surface area (TPSA) is 91.3 Å². The summed E-state index contributed by atoms with van der Waals surface area (Å²) in [6, 6.07) is 2.84. The van der Waals surface area contributed by atoms with Gasteiger partial charge in [0.05, 0.1) is 0 Å². The second-order valence-electron chi connectivity index (χ2n) is 3.53. The zero-order chi connectivity index (χ0) is 13.4. The number of aromatic nitrogens is 1. The Hall–Kier alpha value is -2.37. The molecule has 0 spiro atoms. The molecule has 6 nitrogen and oxygen atoms in total. The minimum Gasteiger partial charge on any atom is -0.465 e. The summed E-state index contributed by atoms with van der Waals surface area (Å²) in [5, 5.41) is 13.2. The standard InChI is InChI=1S/C12H15N3O3/c1-13-11(16)10(15-12(17)18)4-2-3-9-5-7-14-8-6-9/h2-3,5-8,10,15H,4H2,1H3,(H,13,16)(H,17,18). The number of amides is 2. The van der Waals surface area contributed by atoms with E-state index in [1.807, 2.05) is 12.1 Å². The van der Waals surface area contributed by atoms with E-state index in [1.54, 1.807) is 24.5 Å². The maximum atomic E-state index is 11.4. The minimum atomic E-state index is -1.22. The van der Waals surface area contributed by atoms with E-state index < -0.39 is 12.1 Å². The lowest BCUT2D eigenvalue weighted by atomic mass is 10.1. The zero-order valence-corrected chi connectivity index (χ0v) is 9.96. The van der Waals surface area contributed by atoms with E-state index in [4.69, 9.17) is 5.11 Å². The number of hydrogen-bond acceptors (Lipinski definition) is 3. The second kappa shape index (κ2) is 7.05. The molecule has 0 radical (unpaired) electrons. The number of nitrogens with zero attached hydrogens (tertiary/aromatic N) is 1. The summed E-state index contributed by atoms with van der Waals surface area (Å²) in [7, 11) is 1.46. The Morgan fingerprint density at radius 2 is 2.11 bits per heavy atom. The summed E-state index contributed by atoms with van der Waals surface area (Å²) < 4.78 is 0. The summed E-state index contributed by atoms with van der Waals surface area (Å²) in [6.45, 7) is 0. The second-order valence-corrected chi connectivity index (χ2v) is 3.53. The molecule has 2 amide bonds. The third-order valence-corrected chi connectivity index (χ3v) is 2.25. The molecule has 1 rings (SSSR count). The van der Waals surface area contributed by atoms with Gasteiger partial charge in [0.1, 0.15) is 6.04 Å². The van der Waals surface area contributed by atoms with Gasteiger partial charge in [-0.15, -0.1) is 0 Å². The maximum Gasteiger partial charge on any atom is 0.405 e. The number of carboxylic acid groups (broad SMARTS) is 1. The van der Waals surface area contributed by atoms with Gasteiger partial charge < -0.3 is 15.7 Å². The summed E-state index contributed by atoms with van der Waals surface area (Å²) in [4.78, 5) is 25.8. The fourth-order valence-electron chi connectivity index (χ4n) is 1.37. The Balaban J connectivity index is 2.59. The molecule has 6 heteroatoms. The molecule has 1 aromatic heterocycles. The van der Waals surface area contributed by atoms with Crippen LogP contribution in [0.5, 0.6) is 0 Å². The van der Waals surface area contributed by atoms with Gasteiger partial charge in [-0.2, -0.15) is 0 Å². The highest BCUT2D eigenvalue weighted by molar-refractivity contribution is 5.85. The van der Waals surface area contributed by atoms with Crippen molar-refractivity contribution in [3.63, 3.8) is 0 Å². The van der Waals surface area contributed by atoms with Crippen LogP contribution in [0, 0.1) is 0 Å². The van der Waals surface area contributed by atoms with Crippen molar-refractivity contribution < 1.29 is 14.7 Å². The number of hydrogen-bond donors (Lipinski definition) is 3. The van der Waals surface area contributed by atoms with Gasteiger partial charge in [0, 0.05) is 19.4 Å². The smallest absolute Gasteiger partial charge is 0.405 e. The molecule has 0 saturated carbocycles. The Morgan fingerprint density at radius 3 is 2.67 bits per heavy atom. The summed E-state index contributed by atoms with van der Waals surface area (Å²) >= 11 is 0. The van der Waals surface area contributed by atoms with Gasteiger partial charge in [0.25, 0.3) is 0 Å². The van der Waals surface area contributed by atoms with Crippen molar-refractivity contribution >= 4 is 18.1 Å². The van der Waals surface area contributed by atoms with Crippen LogP contribution < -0.4 is 10.6 Å². The van der Waals surface area contributed by atoms with Crippen molar-refractivity contribution in [2.24, 2.45) is 0 Å².